The van der Waals surface area contributed by atoms with Crippen molar-refractivity contribution in [1.29, 1.82) is 0 Å². The van der Waals surface area contributed by atoms with Crippen LogP contribution >= 0.6 is 0 Å². The third-order valence-corrected chi connectivity index (χ3v) is 6.77. The summed E-state index contributed by atoms with van der Waals surface area (Å²) in [5.41, 5.74) is -0.676. The van der Waals surface area contributed by atoms with Crippen LogP contribution in [0.4, 0.5) is 0 Å². The number of aromatic hydroxyl groups is 4. The molecule has 2 fully saturated rings. The molecular formula is C26H30O17. The molecule has 10 N–H and O–H groups in total. The van der Waals surface area contributed by atoms with Crippen LogP contribution in [0, 0.1) is 0 Å². The Morgan fingerprint density at radius 3 is 1.30 bits per heavy atom. The third-order valence-electron chi connectivity index (χ3n) is 6.77. The molecular weight excluding hydrogens is 584 g/mol. The average Bonchev–Trinajstić information content (AvgIpc) is 2.96. The van der Waals surface area contributed by atoms with Crippen molar-refractivity contribution >= 4 is 11.9 Å². The molecule has 0 radical (unpaired) electrons. The first-order valence-corrected chi connectivity index (χ1v) is 12.7. The molecule has 2 heterocycles. The van der Waals surface area contributed by atoms with Crippen LogP contribution in [-0.4, -0.2) is 138 Å². The summed E-state index contributed by atoms with van der Waals surface area (Å²) in [7, 11) is 0. The van der Waals surface area contributed by atoms with Gasteiger partial charge in [0.2, 0.25) is 0 Å². The first-order chi connectivity index (χ1) is 20.3. The maximum atomic E-state index is 12.3. The fourth-order valence-electron chi connectivity index (χ4n) is 4.32. The van der Waals surface area contributed by atoms with Gasteiger partial charge in [-0.3, -0.25) is 0 Å². The minimum absolute atomic E-state index is 0.320. The van der Waals surface area contributed by atoms with Crippen molar-refractivity contribution in [2.24, 2.45) is 0 Å². The van der Waals surface area contributed by atoms with E-state index in [0.29, 0.717) is 0 Å². The van der Waals surface area contributed by atoms with Crippen molar-refractivity contribution in [3.63, 3.8) is 0 Å². The van der Waals surface area contributed by atoms with Crippen LogP contribution in [0.3, 0.4) is 0 Å². The number of esters is 2. The molecule has 2 aliphatic rings. The number of phenols is 4. The Bertz CT molecular complexity index is 1200. The molecule has 0 aliphatic carbocycles. The van der Waals surface area contributed by atoms with Crippen molar-refractivity contribution in [1.82, 2.24) is 0 Å². The Morgan fingerprint density at radius 2 is 0.953 bits per heavy atom. The highest BCUT2D eigenvalue weighted by Gasteiger charge is 2.50. The van der Waals surface area contributed by atoms with Gasteiger partial charge in [-0.05, 0) is 24.3 Å². The molecule has 0 amide bonds. The van der Waals surface area contributed by atoms with E-state index in [9.17, 15) is 60.7 Å². The van der Waals surface area contributed by atoms with E-state index in [2.05, 4.69) is 0 Å². The molecule has 17 heteroatoms. The van der Waals surface area contributed by atoms with Crippen LogP contribution in [0.25, 0.3) is 0 Å². The Labute approximate surface area is 241 Å². The van der Waals surface area contributed by atoms with E-state index in [-0.39, 0.29) is 22.6 Å². The second-order valence-electron chi connectivity index (χ2n) is 9.77. The van der Waals surface area contributed by atoms with E-state index in [1.54, 1.807) is 0 Å². The summed E-state index contributed by atoms with van der Waals surface area (Å²) < 4.78 is 26.2. The third kappa shape index (κ3) is 7.07. The van der Waals surface area contributed by atoms with Crippen LogP contribution < -0.4 is 0 Å². The number of carbonyl (C=O) groups is 2. The van der Waals surface area contributed by atoms with Crippen molar-refractivity contribution in [3.8, 4) is 23.0 Å². The summed E-state index contributed by atoms with van der Waals surface area (Å²) in [5.74, 6) is -4.02. The smallest absolute Gasteiger partial charge is 0.342 e. The van der Waals surface area contributed by atoms with E-state index < -0.39 is 98.1 Å². The van der Waals surface area contributed by atoms with Gasteiger partial charge in [0, 0.05) is 12.1 Å². The van der Waals surface area contributed by atoms with E-state index in [1.807, 2.05) is 0 Å². The SMILES string of the molecule is O=C(OC[C@H]1O[C@H](O[C@H]2O[C@H](COC(=O)c3ccc(O)cc3O)[C@@H](O)[C@H](O)[C@H]2O)[C@H](O)[C@@H](O)[C@@H]1O)c1ccc(O)cc1O. The lowest BCUT2D eigenvalue weighted by Gasteiger charge is -2.44. The van der Waals surface area contributed by atoms with Crippen LogP contribution in [0.1, 0.15) is 20.7 Å². The summed E-state index contributed by atoms with van der Waals surface area (Å²) in [5, 5.41) is 101. The highest BCUT2D eigenvalue weighted by molar-refractivity contribution is 5.93. The molecule has 2 aromatic carbocycles. The van der Waals surface area contributed by atoms with Crippen LogP contribution in [0.2, 0.25) is 0 Å². The van der Waals surface area contributed by atoms with Gasteiger partial charge in [0.1, 0.15) is 96.2 Å². The molecule has 17 nitrogen and oxygen atoms in total. The lowest BCUT2D eigenvalue weighted by atomic mass is 9.98. The van der Waals surface area contributed by atoms with E-state index >= 15 is 0 Å². The normalized spacial score (nSPS) is 32.6. The number of phenolic OH excluding ortho intramolecular Hbond substituents is 4. The van der Waals surface area contributed by atoms with Gasteiger partial charge in [0.15, 0.2) is 12.6 Å². The number of aliphatic hydroxyl groups excluding tert-OH is 6. The van der Waals surface area contributed by atoms with E-state index in [4.69, 9.17) is 23.7 Å². The van der Waals surface area contributed by atoms with Crippen molar-refractivity contribution < 1.29 is 84.3 Å². The van der Waals surface area contributed by atoms with Gasteiger partial charge in [-0.15, -0.1) is 0 Å². The second-order valence-corrected chi connectivity index (χ2v) is 9.77. The summed E-state index contributed by atoms with van der Waals surface area (Å²) in [4.78, 5) is 24.7. The lowest BCUT2D eigenvalue weighted by molar-refractivity contribution is -0.376. The molecule has 0 spiro atoms. The zero-order chi connectivity index (χ0) is 31.6. The number of carbonyl (C=O) groups excluding carboxylic acids is 2. The maximum absolute atomic E-state index is 12.3. The number of benzene rings is 2. The number of ether oxygens (including phenoxy) is 5. The van der Waals surface area contributed by atoms with E-state index in [0.717, 1.165) is 36.4 Å². The molecule has 10 atom stereocenters. The summed E-state index contributed by atoms with van der Waals surface area (Å²) in [6.07, 6.45) is -18.2. The Balaban J connectivity index is 1.40. The molecule has 2 aliphatic heterocycles. The largest absolute Gasteiger partial charge is 0.508 e. The molecule has 2 saturated heterocycles. The number of rotatable bonds is 8. The molecule has 43 heavy (non-hydrogen) atoms. The fraction of sp³-hybridized carbons (Fsp3) is 0.462. The van der Waals surface area contributed by atoms with Crippen LogP contribution in [-0.2, 0) is 23.7 Å². The van der Waals surface area contributed by atoms with Crippen LogP contribution in [0.5, 0.6) is 23.0 Å². The first-order valence-electron chi connectivity index (χ1n) is 12.7. The Morgan fingerprint density at radius 1 is 0.581 bits per heavy atom. The fourth-order valence-corrected chi connectivity index (χ4v) is 4.32. The average molecular weight is 615 g/mol. The number of aliphatic hydroxyl groups is 6. The zero-order valence-electron chi connectivity index (χ0n) is 22.0. The summed E-state index contributed by atoms with van der Waals surface area (Å²) in [6.45, 7) is -1.47. The molecule has 2 aromatic rings. The molecule has 236 valence electrons. The van der Waals surface area contributed by atoms with Gasteiger partial charge >= 0.3 is 11.9 Å². The molecule has 4 rings (SSSR count). The second kappa shape index (κ2) is 13.2. The quantitative estimate of drug-likeness (QED) is 0.134. The molecule has 0 bridgehead atoms. The number of hydrogen-bond donors (Lipinski definition) is 10. The predicted octanol–water partition coefficient (Wildman–Crippen LogP) is -2.85. The standard InChI is InChI=1S/C26H30O17/c27-9-1-3-11(13(29)5-9)23(37)39-7-15-17(31)19(33)21(35)25(41-15)43-26-22(36)20(34)18(32)16(42-26)8-40-24(38)12-4-2-10(28)6-14(12)30/h1-6,15-22,25-36H,7-8H2/t15-,16-,17-,18-,19+,20+,21-,22-,25-,26-/m1/s1. The van der Waals surface area contributed by atoms with Gasteiger partial charge in [0.05, 0.1) is 0 Å². The van der Waals surface area contributed by atoms with Gasteiger partial charge in [-0.25, -0.2) is 9.59 Å². The zero-order valence-corrected chi connectivity index (χ0v) is 22.0. The maximum Gasteiger partial charge on any atom is 0.342 e. The topological polar surface area (TPSA) is 283 Å². The lowest BCUT2D eigenvalue weighted by Crippen LogP contribution is -2.64. The van der Waals surface area contributed by atoms with Crippen molar-refractivity contribution in [2.45, 2.75) is 61.4 Å². The molecule has 0 unspecified atom stereocenters. The van der Waals surface area contributed by atoms with Gasteiger partial charge in [-0.2, -0.15) is 0 Å². The molecule has 0 aromatic heterocycles. The minimum atomic E-state index is -1.96. The highest BCUT2D eigenvalue weighted by Crippen LogP contribution is 2.30. The van der Waals surface area contributed by atoms with Gasteiger partial charge in [-0.1, -0.05) is 0 Å². The van der Waals surface area contributed by atoms with Crippen molar-refractivity contribution in [2.75, 3.05) is 13.2 Å². The Kier molecular flexibility index (Phi) is 9.90. The number of hydrogen-bond acceptors (Lipinski definition) is 17. The first kappa shape index (κ1) is 32.1. The summed E-state index contributed by atoms with van der Waals surface area (Å²) >= 11 is 0. The monoisotopic (exact) mass is 614 g/mol. The van der Waals surface area contributed by atoms with Crippen molar-refractivity contribution in [3.05, 3.63) is 47.5 Å². The summed E-state index contributed by atoms with van der Waals surface area (Å²) in [6, 6.07) is 6.13. The highest BCUT2D eigenvalue weighted by atomic mass is 16.8. The van der Waals surface area contributed by atoms with Crippen LogP contribution in [0.15, 0.2) is 36.4 Å². The van der Waals surface area contributed by atoms with Gasteiger partial charge < -0.3 is 74.7 Å². The van der Waals surface area contributed by atoms with Gasteiger partial charge in [0.25, 0.3) is 0 Å². The minimum Gasteiger partial charge on any atom is -0.508 e. The van der Waals surface area contributed by atoms with E-state index in [1.165, 1.54) is 0 Å². The predicted molar refractivity (Wildman–Crippen MR) is 135 cm³/mol. The Hall–Kier alpha value is -3.78. The molecule has 0 saturated carbocycles.